The highest BCUT2D eigenvalue weighted by Gasteiger charge is 2.32. The number of allylic oxidation sites excluding steroid dienone is 2. The number of fused-ring (bicyclic) bond motifs is 3. The van der Waals surface area contributed by atoms with E-state index in [1.54, 1.807) is 0 Å². The molecule has 0 saturated heterocycles. The maximum Gasteiger partial charge on any atom is 0.128 e. The summed E-state index contributed by atoms with van der Waals surface area (Å²) in [6, 6.07) is 34.1. The van der Waals surface area contributed by atoms with E-state index >= 15 is 0 Å². The second-order valence-corrected chi connectivity index (χ2v) is 8.25. The quantitative estimate of drug-likeness (QED) is 0.369. The molecule has 1 aliphatic heterocycles. The fourth-order valence-corrected chi connectivity index (χ4v) is 4.62. The predicted octanol–water partition coefficient (Wildman–Crippen LogP) is 7.73. The molecule has 32 heavy (non-hydrogen) atoms. The van der Waals surface area contributed by atoms with Crippen molar-refractivity contribution in [2.75, 3.05) is 5.32 Å². The maximum absolute atomic E-state index is 6.10. The van der Waals surface area contributed by atoms with Gasteiger partial charge in [0, 0.05) is 28.4 Å². The van der Waals surface area contributed by atoms with Gasteiger partial charge >= 0.3 is 0 Å². The van der Waals surface area contributed by atoms with Crippen LogP contribution in [0.4, 0.5) is 11.4 Å². The van der Waals surface area contributed by atoms with Crippen LogP contribution in [0.2, 0.25) is 0 Å². The highest BCUT2D eigenvalue weighted by Crippen LogP contribution is 2.43. The van der Waals surface area contributed by atoms with Crippen LogP contribution < -0.4 is 10.1 Å². The SMILES string of the molecule is C1=CC2Oc3ccc(Nc4ccccc4-c4cccc(-c5ccccc5)c4)cc3C2C=C1. The summed E-state index contributed by atoms with van der Waals surface area (Å²) in [5, 5.41) is 3.66. The van der Waals surface area contributed by atoms with Gasteiger partial charge in [-0.1, -0.05) is 85.0 Å². The van der Waals surface area contributed by atoms with Crippen LogP contribution in [-0.2, 0) is 0 Å². The molecule has 0 amide bonds. The van der Waals surface area contributed by atoms with Crippen molar-refractivity contribution in [2.45, 2.75) is 12.0 Å². The standard InChI is InChI=1S/C30H23NO/c1-2-9-21(10-3-1)22-11-8-12-23(19-22)25-13-4-6-15-28(25)31-24-17-18-30-27(20-24)26-14-5-7-16-29(26)32-30/h1-20,26,29,31H. The van der Waals surface area contributed by atoms with E-state index in [0.717, 1.165) is 17.1 Å². The monoisotopic (exact) mass is 413 g/mol. The van der Waals surface area contributed by atoms with Crippen LogP contribution in [0.3, 0.4) is 0 Å². The summed E-state index contributed by atoms with van der Waals surface area (Å²) < 4.78 is 6.10. The van der Waals surface area contributed by atoms with Crippen molar-refractivity contribution >= 4 is 11.4 Å². The summed E-state index contributed by atoms with van der Waals surface area (Å²) >= 11 is 0. The average Bonchev–Trinajstić information content (AvgIpc) is 3.23. The normalized spacial score (nSPS) is 18.0. The Morgan fingerprint density at radius 1 is 0.625 bits per heavy atom. The van der Waals surface area contributed by atoms with Crippen molar-refractivity contribution in [3.63, 3.8) is 0 Å². The lowest BCUT2D eigenvalue weighted by Gasteiger charge is -2.15. The Morgan fingerprint density at radius 3 is 2.34 bits per heavy atom. The molecular formula is C30H23NO. The van der Waals surface area contributed by atoms with Gasteiger partial charge in [0.1, 0.15) is 11.9 Å². The number of para-hydroxylation sites is 1. The molecule has 0 spiro atoms. The van der Waals surface area contributed by atoms with Crippen LogP contribution in [0.5, 0.6) is 5.75 Å². The van der Waals surface area contributed by atoms with Crippen LogP contribution in [0, 0.1) is 0 Å². The predicted molar refractivity (Wildman–Crippen MR) is 132 cm³/mol. The highest BCUT2D eigenvalue weighted by atomic mass is 16.5. The van der Waals surface area contributed by atoms with Crippen molar-refractivity contribution in [3.8, 4) is 28.0 Å². The summed E-state index contributed by atoms with van der Waals surface area (Å²) in [6.45, 7) is 0. The number of hydrogen-bond donors (Lipinski definition) is 1. The van der Waals surface area contributed by atoms with Crippen molar-refractivity contribution in [2.24, 2.45) is 0 Å². The summed E-state index contributed by atoms with van der Waals surface area (Å²) in [6.07, 6.45) is 8.63. The van der Waals surface area contributed by atoms with Crippen molar-refractivity contribution in [1.82, 2.24) is 0 Å². The molecule has 1 N–H and O–H groups in total. The zero-order valence-electron chi connectivity index (χ0n) is 17.6. The van der Waals surface area contributed by atoms with E-state index < -0.39 is 0 Å². The first-order chi connectivity index (χ1) is 15.8. The Kier molecular flexibility index (Phi) is 4.62. The third-order valence-corrected chi connectivity index (χ3v) is 6.20. The lowest BCUT2D eigenvalue weighted by molar-refractivity contribution is 0.269. The van der Waals surface area contributed by atoms with Crippen LogP contribution in [0.25, 0.3) is 22.3 Å². The Balaban J connectivity index is 1.34. The first-order valence-corrected chi connectivity index (χ1v) is 11.0. The summed E-state index contributed by atoms with van der Waals surface area (Å²) in [4.78, 5) is 0. The summed E-state index contributed by atoms with van der Waals surface area (Å²) in [7, 11) is 0. The lowest BCUT2D eigenvalue weighted by atomic mass is 9.92. The van der Waals surface area contributed by atoms with E-state index in [1.807, 2.05) is 0 Å². The molecule has 2 atom stereocenters. The van der Waals surface area contributed by atoms with E-state index in [4.69, 9.17) is 4.74 Å². The molecule has 154 valence electrons. The maximum atomic E-state index is 6.10. The van der Waals surface area contributed by atoms with Gasteiger partial charge < -0.3 is 10.1 Å². The minimum atomic E-state index is 0.110. The molecule has 0 bridgehead atoms. The molecule has 1 heterocycles. The second-order valence-electron chi connectivity index (χ2n) is 8.25. The zero-order chi connectivity index (χ0) is 21.3. The van der Waals surface area contributed by atoms with E-state index in [-0.39, 0.29) is 12.0 Å². The van der Waals surface area contributed by atoms with Crippen molar-refractivity contribution in [3.05, 3.63) is 127 Å². The molecule has 6 rings (SSSR count). The average molecular weight is 414 g/mol. The van der Waals surface area contributed by atoms with Crippen LogP contribution >= 0.6 is 0 Å². The fraction of sp³-hybridized carbons (Fsp3) is 0.0667. The number of anilines is 2. The summed E-state index contributed by atoms with van der Waals surface area (Å²) in [5.74, 6) is 1.26. The third kappa shape index (κ3) is 3.40. The van der Waals surface area contributed by atoms with E-state index in [1.165, 1.54) is 27.8 Å². The van der Waals surface area contributed by atoms with Gasteiger partial charge in [0.15, 0.2) is 0 Å². The van der Waals surface area contributed by atoms with Crippen molar-refractivity contribution < 1.29 is 4.74 Å². The molecular weight excluding hydrogens is 390 g/mol. The van der Waals surface area contributed by atoms with Crippen LogP contribution in [0.1, 0.15) is 11.5 Å². The molecule has 0 fully saturated rings. The minimum absolute atomic E-state index is 0.110. The van der Waals surface area contributed by atoms with Gasteiger partial charge in [-0.15, -0.1) is 0 Å². The number of ether oxygens (including phenoxy) is 1. The highest BCUT2D eigenvalue weighted by molar-refractivity contribution is 5.83. The van der Waals surface area contributed by atoms with E-state index in [0.29, 0.717) is 0 Å². The first kappa shape index (κ1) is 18.7. The molecule has 2 nitrogen and oxygen atoms in total. The van der Waals surface area contributed by atoms with Gasteiger partial charge in [0.25, 0.3) is 0 Å². The molecule has 2 aliphatic rings. The number of nitrogens with one attached hydrogen (secondary N) is 1. The zero-order valence-corrected chi connectivity index (χ0v) is 17.6. The summed E-state index contributed by atoms with van der Waals surface area (Å²) in [5.41, 5.74) is 8.22. The van der Waals surface area contributed by atoms with Gasteiger partial charge in [0.2, 0.25) is 0 Å². The topological polar surface area (TPSA) is 21.3 Å². The molecule has 0 aromatic heterocycles. The second kappa shape index (κ2) is 7.90. The molecule has 1 aliphatic carbocycles. The molecule has 4 aromatic rings. The molecule has 0 saturated carbocycles. The number of hydrogen-bond acceptors (Lipinski definition) is 2. The molecule has 4 aromatic carbocycles. The third-order valence-electron chi connectivity index (χ3n) is 6.20. The van der Waals surface area contributed by atoms with Gasteiger partial charge in [-0.05, 0) is 53.1 Å². The Hall–Kier alpha value is -4.04. The largest absolute Gasteiger partial charge is 0.485 e. The smallest absolute Gasteiger partial charge is 0.128 e. The molecule has 0 radical (unpaired) electrons. The van der Waals surface area contributed by atoms with Gasteiger partial charge in [-0.2, -0.15) is 0 Å². The van der Waals surface area contributed by atoms with Crippen molar-refractivity contribution in [1.29, 1.82) is 0 Å². The lowest BCUT2D eigenvalue weighted by Crippen LogP contribution is -2.15. The van der Waals surface area contributed by atoms with Crippen LogP contribution in [-0.4, -0.2) is 6.10 Å². The van der Waals surface area contributed by atoms with Gasteiger partial charge in [0.05, 0.1) is 0 Å². The van der Waals surface area contributed by atoms with E-state index in [9.17, 15) is 0 Å². The Labute approximate surface area is 188 Å². The number of rotatable bonds is 4. The van der Waals surface area contributed by atoms with Crippen LogP contribution in [0.15, 0.2) is 121 Å². The van der Waals surface area contributed by atoms with E-state index in [2.05, 4.69) is 127 Å². The number of benzene rings is 4. The van der Waals surface area contributed by atoms with Gasteiger partial charge in [-0.3, -0.25) is 0 Å². The molecule has 2 unspecified atom stereocenters. The van der Waals surface area contributed by atoms with Gasteiger partial charge in [-0.25, -0.2) is 0 Å². The Bertz CT molecular complexity index is 1340. The Morgan fingerprint density at radius 2 is 1.41 bits per heavy atom. The minimum Gasteiger partial charge on any atom is -0.485 e. The fourth-order valence-electron chi connectivity index (χ4n) is 4.62. The molecule has 2 heteroatoms. The first-order valence-electron chi connectivity index (χ1n) is 11.0.